The number of amides is 1. The van der Waals surface area contributed by atoms with E-state index in [0.29, 0.717) is 24.3 Å². The van der Waals surface area contributed by atoms with Gasteiger partial charge in [0.1, 0.15) is 11.8 Å². The Hall–Kier alpha value is -2.25. The lowest BCUT2D eigenvalue weighted by atomic mass is 10.2. The first kappa shape index (κ1) is 16.6. The minimum Gasteiger partial charge on any atom is -0.364 e. The van der Waals surface area contributed by atoms with E-state index in [4.69, 9.17) is 10.5 Å². The Morgan fingerprint density at radius 3 is 2.79 bits per heavy atom. The van der Waals surface area contributed by atoms with Gasteiger partial charge >= 0.3 is 0 Å². The molecule has 1 aromatic heterocycles. The first-order valence-electron chi connectivity index (χ1n) is 7.97. The maximum absolute atomic E-state index is 14.4. The molecule has 1 aromatic carbocycles. The molecule has 3 rings (SSSR count). The number of carbonyl (C=O) groups excluding carboxylic acids is 1. The number of nitrogens with zero attached hydrogens (tertiary/aromatic N) is 2. The van der Waals surface area contributed by atoms with E-state index in [9.17, 15) is 9.18 Å². The van der Waals surface area contributed by atoms with Crippen molar-refractivity contribution < 1.29 is 13.9 Å². The molecule has 1 aliphatic heterocycles. The fourth-order valence-electron chi connectivity index (χ4n) is 2.92. The van der Waals surface area contributed by atoms with Gasteiger partial charge in [-0.1, -0.05) is 0 Å². The fourth-order valence-corrected chi connectivity index (χ4v) is 2.92. The van der Waals surface area contributed by atoms with Crippen LogP contribution in [0, 0.1) is 19.7 Å². The summed E-state index contributed by atoms with van der Waals surface area (Å²) < 4.78 is 21.5. The van der Waals surface area contributed by atoms with Crippen LogP contribution in [0.1, 0.15) is 24.2 Å². The van der Waals surface area contributed by atoms with Crippen LogP contribution in [0.25, 0.3) is 5.69 Å². The molecular formula is C17H21FN4O2. The average molecular weight is 332 g/mol. The number of nitrogens with two attached hydrogens (primary N) is 1. The van der Waals surface area contributed by atoms with Gasteiger partial charge in [0.15, 0.2) is 5.82 Å². The highest BCUT2D eigenvalue weighted by atomic mass is 19.1. The third-order valence-electron chi connectivity index (χ3n) is 4.12. The predicted molar refractivity (Wildman–Crippen MR) is 88.6 cm³/mol. The molecule has 1 fully saturated rings. The van der Waals surface area contributed by atoms with Crippen LogP contribution < -0.4 is 11.1 Å². The van der Waals surface area contributed by atoms with Gasteiger partial charge in [0.25, 0.3) is 5.91 Å². The molecule has 0 spiro atoms. The van der Waals surface area contributed by atoms with Crippen LogP contribution in [0.15, 0.2) is 24.3 Å². The molecule has 24 heavy (non-hydrogen) atoms. The van der Waals surface area contributed by atoms with Gasteiger partial charge < -0.3 is 15.8 Å². The lowest BCUT2D eigenvalue weighted by Gasteiger charge is -2.13. The third kappa shape index (κ3) is 3.32. The molecule has 0 bridgehead atoms. The molecular weight excluding hydrogens is 311 g/mol. The quantitative estimate of drug-likeness (QED) is 0.898. The Kier molecular flexibility index (Phi) is 4.64. The molecule has 6 nitrogen and oxygen atoms in total. The summed E-state index contributed by atoms with van der Waals surface area (Å²) in [5.74, 6) is -0.726. The summed E-state index contributed by atoms with van der Waals surface area (Å²) in [5.41, 5.74) is 7.94. The normalized spacial score (nSPS) is 20.3. The number of aromatic nitrogens is 2. The van der Waals surface area contributed by atoms with Crippen LogP contribution in [-0.2, 0) is 9.53 Å². The summed E-state index contributed by atoms with van der Waals surface area (Å²) in [4.78, 5) is 12.2. The number of aryl methyl sites for hydroxylation is 2. The van der Waals surface area contributed by atoms with E-state index < -0.39 is 11.9 Å². The molecule has 128 valence electrons. The molecule has 1 amide bonds. The first-order chi connectivity index (χ1) is 11.5. The van der Waals surface area contributed by atoms with Crippen LogP contribution in [-0.4, -0.2) is 34.4 Å². The average Bonchev–Trinajstić information content (AvgIpc) is 3.14. The zero-order chi connectivity index (χ0) is 17.3. The number of carbonyl (C=O) groups is 1. The van der Waals surface area contributed by atoms with Gasteiger partial charge in [0.05, 0.1) is 11.8 Å². The monoisotopic (exact) mass is 332 g/mol. The number of hydrogen-bond acceptors (Lipinski definition) is 4. The molecule has 2 atom stereocenters. The van der Waals surface area contributed by atoms with Crippen molar-refractivity contribution >= 4 is 11.6 Å². The highest BCUT2D eigenvalue weighted by Crippen LogP contribution is 2.23. The molecule has 0 unspecified atom stereocenters. The summed E-state index contributed by atoms with van der Waals surface area (Å²) in [6.07, 6.45) is 0.781. The number of benzene rings is 1. The largest absolute Gasteiger partial charge is 0.364 e. The zero-order valence-electron chi connectivity index (χ0n) is 13.8. The highest BCUT2D eigenvalue weighted by molar-refractivity contribution is 5.94. The number of rotatable bonds is 4. The van der Waals surface area contributed by atoms with Crippen molar-refractivity contribution in [3.63, 3.8) is 0 Å². The SMILES string of the molecule is Cc1cc(C)n(-c2ccc(NC(=O)[C@@H]3CC[C@H](CN)O3)cc2F)n1. The number of halogens is 1. The van der Waals surface area contributed by atoms with Crippen molar-refractivity contribution in [1.29, 1.82) is 0 Å². The van der Waals surface area contributed by atoms with Gasteiger partial charge in [-0.2, -0.15) is 5.10 Å². The van der Waals surface area contributed by atoms with Crippen molar-refractivity contribution in [2.45, 2.75) is 38.9 Å². The fraction of sp³-hybridized carbons (Fsp3) is 0.412. The Labute approximate surface area is 139 Å². The summed E-state index contributed by atoms with van der Waals surface area (Å²) in [6, 6.07) is 6.42. The Morgan fingerprint density at radius 2 is 2.21 bits per heavy atom. The standard InChI is InChI=1S/C17H21FN4O2/c1-10-7-11(2)22(21-10)15-5-3-12(8-14(15)18)20-17(23)16-6-4-13(9-19)24-16/h3,5,7-8,13,16H,4,6,9,19H2,1-2H3,(H,20,23)/t13-,16+/m1/s1. The molecule has 0 aliphatic carbocycles. The van der Waals surface area contributed by atoms with E-state index in [1.807, 2.05) is 19.9 Å². The number of hydrogen-bond donors (Lipinski definition) is 2. The van der Waals surface area contributed by atoms with Crippen LogP contribution in [0.2, 0.25) is 0 Å². The van der Waals surface area contributed by atoms with Crippen molar-refractivity contribution in [2.24, 2.45) is 5.73 Å². The van der Waals surface area contributed by atoms with Crippen LogP contribution in [0.5, 0.6) is 0 Å². The lowest BCUT2D eigenvalue weighted by Crippen LogP contribution is -2.29. The van der Waals surface area contributed by atoms with Crippen LogP contribution >= 0.6 is 0 Å². The van der Waals surface area contributed by atoms with Crippen LogP contribution in [0.3, 0.4) is 0 Å². The van der Waals surface area contributed by atoms with E-state index in [0.717, 1.165) is 17.8 Å². The Balaban J connectivity index is 1.73. The van der Waals surface area contributed by atoms with Gasteiger partial charge in [-0.15, -0.1) is 0 Å². The summed E-state index contributed by atoms with van der Waals surface area (Å²) in [6.45, 7) is 4.11. The molecule has 2 aromatic rings. The number of nitrogens with one attached hydrogen (secondary N) is 1. The predicted octanol–water partition coefficient (Wildman–Crippen LogP) is 2.07. The minimum absolute atomic E-state index is 0.0779. The molecule has 2 heterocycles. The topological polar surface area (TPSA) is 82.2 Å². The van der Waals surface area contributed by atoms with Crippen molar-refractivity contribution in [1.82, 2.24) is 9.78 Å². The second-order valence-corrected chi connectivity index (χ2v) is 6.05. The summed E-state index contributed by atoms with van der Waals surface area (Å²) in [5, 5.41) is 6.96. The highest BCUT2D eigenvalue weighted by Gasteiger charge is 2.29. The Bertz CT molecular complexity index is 759. The number of ether oxygens (including phenoxy) is 1. The van der Waals surface area contributed by atoms with Crippen molar-refractivity contribution in [2.75, 3.05) is 11.9 Å². The van der Waals surface area contributed by atoms with Crippen molar-refractivity contribution in [3.8, 4) is 5.69 Å². The Morgan fingerprint density at radius 1 is 1.42 bits per heavy atom. The molecule has 0 radical (unpaired) electrons. The molecule has 7 heteroatoms. The van der Waals surface area contributed by atoms with E-state index >= 15 is 0 Å². The number of anilines is 1. The molecule has 0 saturated carbocycles. The van der Waals surface area contributed by atoms with Gasteiger partial charge in [-0.05, 0) is 51.0 Å². The third-order valence-corrected chi connectivity index (χ3v) is 4.12. The second-order valence-electron chi connectivity index (χ2n) is 6.05. The van der Waals surface area contributed by atoms with Gasteiger partial charge in [-0.3, -0.25) is 4.79 Å². The van der Waals surface area contributed by atoms with E-state index in [1.165, 1.54) is 6.07 Å². The van der Waals surface area contributed by atoms with E-state index in [2.05, 4.69) is 10.4 Å². The van der Waals surface area contributed by atoms with Crippen molar-refractivity contribution in [3.05, 3.63) is 41.5 Å². The smallest absolute Gasteiger partial charge is 0.253 e. The van der Waals surface area contributed by atoms with E-state index in [1.54, 1.807) is 16.8 Å². The van der Waals surface area contributed by atoms with Gasteiger partial charge in [0.2, 0.25) is 0 Å². The molecule has 1 aliphatic rings. The first-order valence-corrected chi connectivity index (χ1v) is 7.97. The second kappa shape index (κ2) is 6.70. The van der Waals surface area contributed by atoms with E-state index in [-0.39, 0.29) is 12.0 Å². The lowest BCUT2D eigenvalue weighted by molar-refractivity contribution is -0.126. The zero-order valence-corrected chi connectivity index (χ0v) is 13.8. The van der Waals surface area contributed by atoms with Gasteiger partial charge in [-0.25, -0.2) is 9.07 Å². The maximum atomic E-state index is 14.4. The molecule has 1 saturated heterocycles. The molecule has 3 N–H and O–H groups in total. The summed E-state index contributed by atoms with van der Waals surface area (Å²) >= 11 is 0. The van der Waals surface area contributed by atoms with Gasteiger partial charge in [0, 0.05) is 17.9 Å². The van der Waals surface area contributed by atoms with Crippen LogP contribution in [0.4, 0.5) is 10.1 Å². The maximum Gasteiger partial charge on any atom is 0.253 e. The minimum atomic E-state index is -0.530. The summed E-state index contributed by atoms with van der Waals surface area (Å²) in [7, 11) is 0.